The number of ether oxygens (including phenoxy) is 2. The Morgan fingerprint density at radius 2 is 1.90 bits per heavy atom. The summed E-state index contributed by atoms with van der Waals surface area (Å²) in [6.07, 6.45) is 0.120. The van der Waals surface area contributed by atoms with Crippen LogP contribution in [0.3, 0.4) is 0 Å². The molecule has 0 heterocycles. The summed E-state index contributed by atoms with van der Waals surface area (Å²) in [6.45, 7) is 2.17. The van der Waals surface area contributed by atoms with Crippen LogP contribution in [0.2, 0.25) is 0 Å². The fourth-order valence-corrected chi connectivity index (χ4v) is 1.86. The molecule has 3 heteroatoms. The maximum atomic E-state index is 11.2. The van der Waals surface area contributed by atoms with Gasteiger partial charge < -0.3 is 9.47 Å². The lowest BCUT2D eigenvalue weighted by Crippen LogP contribution is -2.01. The van der Waals surface area contributed by atoms with Gasteiger partial charge in [-0.05, 0) is 42.0 Å². The van der Waals surface area contributed by atoms with Gasteiger partial charge in [0.2, 0.25) is 0 Å². The summed E-state index contributed by atoms with van der Waals surface area (Å²) in [4.78, 5) is 11.2. The molecule has 0 aliphatic rings. The van der Waals surface area contributed by atoms with Crippen LogP contribution < -0.4 is 4.74 Å². The van der Waals surface area contributed by atoms with Crippen molar-refractivity contribution in [3.8, 4) is 17.6 Å². The monoisotopic (exact) mass is 268 g/mol. The average Bonchev–Trinajstić information content (AvgIpc) is 2.47. The molecule has 0 bridgehead atoms. The number of benzene rings is 2. The highest BCUT2D eigenvalue weighted by molar-refractivity contribution is 5.85. The summed E-state index contributed by atoms with van der Waals surface area (Å²) in [6, 6.07) is 11.8. The molecule has 0 aliphatic heterocycles. The van der Waals surface area contributed by atoms with E-state index in [0.717, 1.165) is 22.1 Å². The smallest absolute Gasteiger partial charge is 0.317 e. The van der Waals surface area contributed by atoms with E-state index in [1.54, 1.807) is 14.0 Å². The fourth-order valence-electron chi connectivity index (χ4n) is 1.86. The Bertz CT molecular complexity index is 677. The molecule has 0 saturated heterocycles. The van der Waals surface area contributed by atoms with Crippen molar-refractivity contribution in [1.82, 2.24) is 0 Å². The van der Waals surface area contributed by atoms with Crippen molar-refractivity contribution in [1.29, 1.82) is 0 Å². The zero-order chi connectivity index (χ0) is 14.4. The molecule has 0 fully saturated rings. The minimum Gasteiger partial charge on any atom is -0.497 e. The molecular formula is C17H16O3. The summed E-state index contributed by atoms with van der Waals surface area (Å²) < 4.78 is 10.0. The maximum Gasteiger partial charge on any atom is 0.317 e. The van der Waals surface area contributed by atoms with Crippen LogP contribution in [-0.4, -0.2) is 19.7 Å². The van der Waals surface area contributed by atoms with Crippen LogP contribution in [0.5, 0.6) is 5.75 Å². The number of carbonyl (C=O) groups excluding carboxylic acids is 1. The Kier molecular flexibility index (Phi) is 4.62. The van der Waals surface area contributed by atoms with Crippen molar-refractivity contribution in [2.24, 2.45) is 0 Å². The molecular weight excluding hydrogens is 252 g/mol. The van der Waals surface area contributed by atoms with Crippen molar-refractivity contribution in [2.45, 2.75) is 13.3 Å². The quantitative estimate of drug-likeness (QED) is 0.633. The van der Waals surface area contributed by atoms with Gasteiger partial charge in [-0.1, -0.05) is 24.0 Å². The molecule has 2 aromatic rings. The summed E-state index contributed by atoms with van der Waals surface area (Å²) in [5, 5.41) is 2.19. The molecule has 0 radical (unpaired) electrons. The summed E-state index contributed by atoms with van der Waals surface area (Å²) in [5.74, 6) is 6.34. The van der Waals surface area contributed by atoms with E-state index < -0.39 is 0 Å². The van der Waals surface area contributed by atoms with Gasteiger partial charge in [0.15, 0.2) is 0 Å². The van der Waals surface area contributed by atoms with Gasteiger partial charge in [-0.3, -0.25) is 4.79 Å². The molecule has 0 amide bonds. The second-order valence-electron chi connectivity index (χ2n) is 4.21. The molecule has 0 aromatic heterocycles. The number of esters is 1. The van der Waals surface area contributed by atoms with Gasteiger partial charge in [0.1, 0.15) is 12.2 Å². The van der Waals surface area contributed by atoms with Gasteiger partial charge in [-0.2, -0.15) is 0 Å². The molecule has 0 spiro atoms. The van der Waals surface area contributed by atoms with E-state index >= 15 is 0 Å². The van der Waals surface area contributed by atoms with Gasteiger partial charge in [0, 0.05) is 5.56 Å². The van der Waals surface area contributed by atoms with Gasteiger partial charge in [0.25, 0.3) is 0 Å². The van der Waals surface area contributed by atoms with Crippen LogP contribution in [0.1, 0.15) is 18.9 Å². The Morgan fingerprint density at radius 3 is 2.65 bits per heavy atom. The van der Waals surface area contributed by atoms with E-state index in [1.807, 2.05) is 36.4 Å². The second-order valence-corrected chi connectivity index (χ2v) is 4.21. The SMILES string of the molecule is CCOC(=O)CC#Cc1ccc2cc(OC)ccc2c1. The molecule has 102 valence electrons. The maximum absolute atomic E-state index is 11.2. The van der Waals surface area contributed by atoms with Crippen LogP contribution in [0, 0.1) is 11.8 Å². The van der Waals surface area contributed by atoms with Gasteiger partial charge >= 0.3 is 5.97 Å². The van der Waals surface area contributed by atoms with Crippen molar-refractivity contribution in [2.75, 3.05) is 13.7 Å². The van der Waals surface area contributed by atoms with Crippen molar-refractivity contribution >= 4 is 16.7 Å². The normalized spacial score (nSPS) is 9.70. The number of methoxy groups -OCH3 is 1. The van der Waals surface area contributed by atoms with E-state index in [4.69, 9.17) is 9.47 Å². The largest absolute Gasteiger partial charge is 0.497 e. The number of fused-ring (bicyclic) bond motifs is 1. The number of hydrogen-bond acceptors (Lipinski definition) is 3. The minimum absolute atomic E-state index is 0.120. The van der Waals surface area contributed by atoms with Gasteiger partial charge in [-0.15, -0.1) is 0 Å². The van der Waals surface area contributed by atoms with E-state index in [1.165, 1.54) is 0 Å². The third kappa shape index (κ3) is 3.52. The lowest BCUT2D eigenvalue weighted by Gasteiger charge is -2.02. The highest BCUT2D eigenvalue weighted by Crippen LogP contribution is 2.21. The molecule has 3 nitrogen and oxygen atoms in total. The first kappa shape index (κ1) is 14.0. The lowest BCUT2D eigenvalue weighted by atomic mass is 10.1. The van der Waals surface area contributed by atoms with Crippen LogP contribution in [0.15, 0.2) is 36.4 Å². The van der Waals surface area contributed by atoms with Crippen LogP contribution in [0.25, 0.3) is 10.8 Å². The molecule has 0 unspecified atom stereocenters. The van der Waals surface area contributed by atoms with Crippen molar-refractivity contribution < 1.29 is 14.3 Å². The zero-order valence-electron chi connectivity index (χ0n) is 11.6. The summed E-state index contributed by atoms with van der Waals surface area (Å²) in [5.41, 5.74) is 0.881. The fraction of sp³-hybridized carbons (Fsp3) is 0.235. The third-order valence-electron chi connectivity index (χ3n) is 2.82. The predicted octanol–water partition coefficient (Wildman–Crippen LogP) is 3.15. The Morgan fingerprint density at radius 1 is 1.15 bits per heavy atom. The lowest BCUT2D eigenvalue weighted by molar-refractivity contribution is -0.141. The van der Waals surface area contributed by atoms with Crippen LogP contribution in [0.4, 0.5) is 0 Å². The Balaban J connectivity index is 2.16. The van der Waals surface area contributed by atoms with E-state index in [-0.39, 0.29) is 12.4 Å². The number of rotatable bonds is 3. The highest BCUT2D eigenvalue weighted by atomic mass is 16.5. The first-order valence-electron chi connectivity index (χ1n) is 6.45. The summed E-state index contributed by atoms with van der Waals surface area (Å²) >= 11 is 0. The van der Waals surface area contributed by atoms with E-state index in [0.29, 0.717) is 6.61 Å². The molecule has 20 heavy (non-hydrogen) atoms. The van der Waals surface area contributed by atoms with Gasteiger partial charge in [0.05, 0.1) is 13.7 Å². The van der Waals surface area contributed by atoms with Crippen LogP contribution in [-0.2, 0) is 9.53 Å². The topological polar surface area (TPSA) is 35.5 Å². The predicted molar refractivity (Wildman–Crippen MR) is 78.6 cm³/mol. The first-order chi connectivity index (χ1) is 9.72. The van der Waals surface area contributed by atoms with Crippen LogP contribution >= 0.6 is 0 Å². The van der Waals surface area contributed by atoms with E-state index in [2.05, 4.69) is 11.8 Å². The molecule has 0 atom stereocenters. The van der Waals surface area contributed by atoms with E-state index in [9.17, 15) is 4.79 Å². The third-order valence-corrected chi connectivity index (χ3v) is 2.82. The molecule has 0 saturated carbocycles. The highest BCUT2D eigenvalue weighted by Gasteiger charge is 1.98. The number of carbonyl (C=O) groups is 1. The average molecular weight is 268 g/mol. The Hall–Kier alpha value is -2.47. The molecule has 2 aromatic carbocycles. The summed E-state index contributed by atoms with van der Waals surface area (Å²) in [7, 11) is 1.65. The van der Waals surface area contributed by atoms with Gasteiger partial charge in [-0.25, -0.2) is 0 Å². The molecule has 0 aliphatic carbocycles. The Labute approximate surface area is 118 Å². The van der Waals surface area contributed by atoms with Crippen molar-refractivity contribution in [3.63, 3.8) is 0 Å². The minimum atomic E-state index is -0.287. The molecule has 2 rings (SSSR count). The molecule has 0 N–H and O–H groups in total. The first-order valence-corrected chi connectivity index (χ1v) is 6.45. The standard InChI is InChI=1S/C17H16O3/c1-3-20-17(18)6-4-5-13-7-8-15-12-16(19-2)10-9-14(15)11-13/h7-12H,3,6H2,1-2H3. The number of hydrogen-bond donors (Lipinski definition) is 0. The van der Waals surface area contributed by atoms with Crippen molar-refractivity contribution in [3.05, 3.63) is 42.0 Å². The zero-order valence-corrected chi connectivity index (χ0v) is 11.6. The second kappa shape index (κ2) is 6.63.